The standard InChI is InChI=1S/C10H12N2O7S/c13-8(9-1-2-10(19-9)12(14)15)7-20(16,17)11-3-5-18-6-4-11/h1-2H,3-7H2. The van der Waals surface area contributed by atoms with Crippen molar-refractivity contribution in [3.05, 3.63) is 28.0 Å². The number of carbonyl (C=O) groups is 1. The molecule has 0 radical (unpaired) electrons. The predicted molar refractivity (Wildman–Crippen MR) is 65.9 cm³/mol. The van der Waals surface area contributed by atoms with Crippen LogP contribution in [0.2, 0.25) is 0 Å². The van der Waals surface area contributed by atoms with Gasteiger partial charge in [0.25, 0.3) is 0 Å². The van der Waals surface area contributed by atoms with Gasteiger partial charge in [-0.1, -0.05) is 0 Å². The molecule has 0 unspecified atom stereocenters. The molecule has 10 heteroatoms. The molecule has 0 aliphatic carbocycles. The minimum Gasteiger partial charge on any atom is -0.397 e. The van der Waals surface area contributed by atoms with Crippen LogP contribution in [0.5, 0.6) is 0 Å². The summed E-state index contributed by atoms with van der Waals surface area (Å²) < 4.78 is 34.8. The molecule has 1 aliphatic rings. The second-order valence-corrected chi connectivity index (χ2v) is 6.05. The number of ketones is 1. The third-order valence-corrected chi connectivity index (χ3v) is 4.50. The number of carbonyl (C=O) groups excluding carboxylic acids is 1. The molecule has 2 heterocycles. The highest BCUT2D eigenvalue weighted by atomic mass is 32.2. The van der Waals surface area contributed by atoms with Crippen molar-refractivity contribution < 1.29 is 27.3 Å². The van der Waals surface area contributed by atoms with Gasteiger partial charge in [-0.15, -0.1) is 0 Å². The highest BCUT2D eigenvalue weighted by Gasteiger charge is 2.29. The smallest absolute Gasteiger partial charge is 0.397 e. The highest BCUT2D eigenvalue weighted by molar-refractivity contribution is 7.89. The summed E-state index contributed by atoms with van der Waals surface area (Å²) in [6, 6.07) is 2.10. The third-order valence-electron chi connectivity index (χ3n) is 2.72. The second-order valence-electron chi connectivity index (χ2n) is 4.09. The molecule has 2 rings (SSSR count). The number of hydrogen-bond acceptors (Lipinski definition) is 7. The molecule has 1 saturated heterocycles. The molecule has 1 aromatic rings. The number of rotatable bonds is 5. The Morgan fingerprint density at radius 2 is 2.00 bits per heavy atom. The molecule has 20 heavy (non-hydrogen) atoms. The molecule has 0 saturated carbocycles. The number of Topliss-reactive ketones (excluding diaryl/α,β-unsaturated/α-hetero) is 1. The van der Waals surface area contributed by atoms with Crippen LogP contribution in [0.15, 0.2) is 16.5 Å². The number of hydrogen-bond donors (Lipinski definition) is 0. The monoisotopic (exact) mass is 304 g/mol. The summed E-state index contributed by atoms with van der Waals surface area (Å²) in [4.78, 5) is 21.4. The van der Waals surface area contributed by atoms with Crippen LogP contribution in [0.25, 0.3) is 0 Å². The van der Waals surface area contributed by atoms with Gasteiger partial charge in [-0.05, 0) is 6.07 Å². The van der Waals surface area contributed by atoms with Crippen LogP contribution < -0.4 is 0 Å². The van der Waals surface area contributed by atoms with E-state index >= 15 is 0 Å². The zero-order chi connectivity index (χ0) is 14.8. The van der Waals surface area contributed by atoms with E-state index in [4.69, 9.17) is 4.74 Å². The average molecular weight is 304 g/mol. The van der Waals surface area contributed by atoms with E-state index in [-0.39, 0.29) is 32.1 Å². The Morgan fingerprint density at radius 3 is 2.55 bits per heavy atom. The van der Waals surface area contributed by atoms with Crippen molar-refractivity contribution in [3.63, 3.8) is 0 Å². The van der Waals surface area contributed by atoms with Crippen molar-refractivity contribution in [1.82, 2.24) is 4.31 Å². The fourth-order valence-corrected chi connectivity index (χ4v) is 3.09. The highest BCUT2D eigenvalue weighted by Crippen LogP contribution is 2.17. The molecular weight excluding hydrogens is 292 g/mol. The van der Waals surface area contributed by atoms with Gasteiger partial charge < -0.3 is 9.15 Å². The maximum atomic E-state index is 12.0. The Morgan fingerprint density at radius 1 is 1.35 bits per heavy atom. The summed E-state index contributed by atoms with van der Waals surface area (Å²) in [5.74, 6) is -2.53. The molecule has 9 nitrogen and oxygen atoms in total. The van der Waals surface area contributed by atoms with Crippen molar-refractivity contribution in [2.24, 2.45) is 0 Å². The number of furan rings is 1. The molecule has 110 valence electrons. The zero-order valence-corrected chi connectivity index (χ0v) is 11.2. The van der Waals surface area contributed by atoms with Gasteiger partial charge in [0.1, 0.15) is 10.7 Å². The van der Waals surface area contributed by atoms with E-state index in [9.17, 15) is 23.3 Å². The van der Waals surface area contributed by atoms with Crippen LogP contribution in [-0.4, -0.2) is 55.5 Å². The Kier molecular flexibility index (Phi) is 4.16. The lowest BCUT2D eigenvalue weighted by atomic mass is 10.3. The molecule has 0 amide bonds. The fraction of sp³-hybridized carbons (Fsp3) is 0.500. The van der Waals surface area contributed by atoms with E-state index in [1.165, 1.54) is 0 Å². The Balaban J connectivity index is 2.07. The summed E-state index contributed by atoms with van der Waals surface area (Å²) in [7, 11) is -3.77. The van der Waals surface area contributed by atoms with Gasteiger partial charge in [-0.3, -0.25) is 14.9 Å². The molecule has 0 N–H and O–H groups in total. The molecule has 1 fully saturated rings. The molecule has 1 aliphatic heterocycles. The second kappa shape index (κ2) is 5.69. The van der Waals surface area contributed by atoms with Crippen molar-refractivity contribution in [1.29, 1.82) is 0 Å². The van der Waals surface area contributed by atoms with Crippen molar-refractivity contribution in [2.45, 2.75) is 0 Å². The Hall–Kier alpha value is -1.78. The van der Waals surface area contributed by atoms with E-state index < -0.39 is 32.4 Å². The van der Waals surface area contributed by atoms with Crippen molar-refractivity contribution >= 4 is 21.7 Å². The Bertz CT molecular complexity index is 615. The predicted octanol–water partition coefficient (Wildman–Crippen LogP) is 0.0325. The van der Waals surface area contributed by atoms with Crippen LogP contribution in [0, 0.1) is 10.1 Å². The van der Waals surface area contributed by atoms with Crippen LogP contribution >= 0.6 is 0 Å². The average Bonchev–Trinajstić information content (AvgIpc) is 2.89. The molecule has 0 atom stereocenters. The van der Waals surface area contributed by atoms with Gasteiger partial charge in [-0.25, -0.2) is 8.42 Å². The first kappa shape index (κ1) is 14.6. The van der Waals surface area contributed by atoms with E-state index in [0.29, 0.717) is 0 Å². The molecule has 1 aromatic heterocycles. The lowest BCUT2D eigenvalue weighted by Crippen LogP contribution is -2.43. The minimum atomic E-state index is -3.77. The molecule has 0 aromatic carbocycles. The summed E-state index contributed by atoms with van der Waals surface area (Å²) in [5.41, 5.74) is 0. The van der Waals surface area contributed by atoms with Gasteiger partial charge in [0.15, 0.2) is 5.76 Å². The van der Waals surface area contributed by atoms with Gasteiger partial charge in [-0.2, -0.15) is 4.31 Å². The first-order valence-electron chi connectivity index (χ1n) is 5.73. The topological polar surface area (TPSA) is 120 Å². The first-order valence-corrected chi connectivity index (χ1v) is 7.34. The number of sulfonamides is 1. The summed E-state index contributed by atoms with van der Waals surface area (Å²) in [6.07, 6.45) is 0. The van der Waals surface area contributed by atoms with Gasteiger partial charge in [0.05, 0.1) is 19.3 Å². The number of nitrogens with zero attached hydrogens (tertiary/aromatic N) is 2. The molecular formula is C10H12N2O7S. The zero-order valence-electron chi connectivity index (χ0n) is 10.4. The summed E-state index contributed by atoms with van der Waals surface area (Å²) in [6.45, 7) is 0.932. The first-order chi connectivity index (χ1) is 9.40. The van der Waals surface area contributed by atoms with Crippen LogP contribution in [0.3, 0.4) is 0 Å². The van der Waals surface area contributed by atoms with Crippen molar-refractivity contribution in [2.75, 3.05) is 32.1 Å². The third kappa shape index (κ3) is 3.21. The number of ether oxygens (including phenoxy) is 1. The Labute approximate surface area is 114 Å². The van der Waals surface area contributed by atoms with Crippen LogP contribution in [0.1, 0.15) is 10.6 Å². The molecule has 0 spiro atoms. The van der Waals surface area contributed by atoms with Crippen molar-refractivity contribution in [3.8, 4) is 0 Å². The van der Waals surface area contributed by atoms with E-state index in [1.54, 1.807) is 0 Å². The summed E-state index contributed by atoms with van der Waals surface area (Å²) in [5, 5.41) is 10.4. The van der Waals surface area contributed by atoms with Gasteiger partial charge in [0, 0.05) is 13.1 Å². The van der Waals surface area contributed by atoms with Crippen LogP contribution in [-0.2, 0) is 14.8 Å². The SMILES string of the molecule is O=C(CS(=O)(=O)N1CCOCC1)c1ccc([N+](=O)[O-])o1. The number of nitro groups is 1. The van der Waals surface area contributed by atoms with E-state index in [2.05, 4.69) is 4.42 Å². The van der Waals surface area contributed by atoms with E-state index in [0.717, 1.165) is 16.4 Å². The maximum absolute atomic E-state index is 12.0. The normalized spacial score (nSPS) is 17.0. The maximum Gasteiger partial charge on any atom is 0.433 e. The fourth-order valence-electron chi connectivity index (χ4n) is 1.73. The minimum absolute atomic E-state index is 0.188. The van der Waals surface area contributed by atoms with Crippen LogP contribution in [0.4, 0.5) is 5.88 Å². The number of morpholine rings is 1. The summed E-state index contributed by atoms with van der Waals surface area (Å²) >= 11 is 0. The molecule has 0 bridgehead atoms. The largest absolute Gasteiger partial charge is 0.433 e. The lowest BCUT2D eigenvalue weighted by molar-refractivity contribution is -0.402. The lowest BCUT2D eigenvalue weighted by Gasteiger charge is -2.25. The van der Waals surface area contributed by atoms with Gasteiger partial charge in [0.2, 0.25) is 15.8 Å². The van der Waals surface area contributed by atoms with Gasteiger partial charge >= 0.3 is 5.88 Å². The quantitative estimate of drug-likeness (QED) is 0.427. The van der Waals surface area contributed by atoms with E-state index in [1.807, 2.05) is 0 Å².